The highest BCUT2D eigenvalue weighted by molar-refractivity contribution is 5.93. The Balaban J connectivity index is 1.62. The molecule has 2 fully saturated rings. The number of pyridine rings is 1. The molecule has 126 valence electrons. The van der Waals surface area contributed by atoms with E-state index in [2.05, 4.69) is 4.98 Å². The summed E-state index contributed by atoms with van der Waals surface area (Å²) in [5.74, 6) is -0.0932. The van der Waals surface area contributed by atoms with E-state index in [4.69, 9.17) is 10.5 Å². The van der Waals surface area contributed by atoms with Crippen molar-refractivity contribution in [2.45, 2.75) is 31.5 Å². The van der Waals surface area contributed by atoms with Gasteiger partial charge in [-0.2, -0.15) is 0 Å². The van der Waals surface area contributed by atoms with E-state index in [0.29, 0.717) is 38.2 Å². The molecule has 0 aromatic carbocycles. The molecule has 1 aliphatic carbocycles. The molecule has 23 heavy (non-hydrogen) atoms. The topological polar surface area (TPSA) is 109 Å². The molecule has 0 bridgehead atoms. The first-order valence-electron chi connectivity index (χ1n) is 8.04. The fourth-order valence-corrected chi connectivity index (χ4v) is 3.68. The van der Waals surface area contributed by atoms with Crippen LogP contribution in [0.15, 0.2) is 23.1 Å². The van der Waals surface area contributed by atoms with Crippen LogP contribution in [0.5, 0.6) is 0 Å². The Morgan fingerprint density at radius 3 is 2.74 bits per heavy atom. The van der Waals surface area contributed by atoms with Gasteiger partial charge in [-0.15, -0.1) is 0 Å². The van der Waals surface area contributed by atoms with Gasteiger partial charge in [0.15, 0.2) is 0 Å². The lowest BCUT2D eigenvalue weighted by atomic mass is 9.58. The number of piperidine rings is 1. The highest BCUT2D eigenvalue weighted by atomic mass is 16.5. The maximum absolute atomic E-state index is 12.5. The number of aromatic nitrogens is 1. The van der Waals surface area contributed by atoms with E-state index in [1.807, 2.05) is 0 Å². The molecule has 2 heterocycles. The fourth-order valence-electron chi connectivity index (χ4n) is 3.68. The molecule has 0 radical (unpaired) electrons. The minimum absolute atomic E-state index is 0.0337. The van der Waals surface area contributed by atoms with Crippen molar-refractivity contribution in [1.29, 1.82) is 0 Å². The molecular formula is C16H23N3O4. The van der Waals surface area contributed by atoms with Crippen LogP contribution in [0.4, 0.5) is 0 Å². The first kappa shape index (κ1) is 16.2. The van der Waals surface area contributed by atoms with Crippen LogP contribution in [-0.2, 0) is 4.74 Å². The highest BCUT2D eigenvalue weighted by Gasteiger charge is 2.56. The number of nitrogens with one attached hydrogen (secondary N) is 1. The van der Waals surface area contributed by atoms with Crippen LogP contribution in [0.1, 0.15) is 29.6 Å². The smallest absolute Gasteiger partial charge is 0.255 e. The standard InChI is InChI=1S/C16H23N3O4/c17-5-8-23-13-9-12(20)16(13)3-6-19(7-4-16)15(22)11-1-2-14(21)18-10-11/h1-2,10,12-13,20H,3-9,17H2,(H,18,21)/t12-,13+/m0/s1. The van der Waals surface area contributed by atoms with Gasteiger partial charge in [0.25, 0.3) is 5.91 Å². The van der Waals surface area contributed by atoms with E-state index in [9.17, 15) is 14.7 Å². The van der Waals surface area contributed by atoms with Gasteiger partial charge in [-0.1, -0.05) is 0 Å². The quantitative estimate of drug-likeness (QED) is 0.706. The average molecular weight is 321 g/mol. The molecule has 7 nitrogen and oxygen atoms in total. The Morgan fingerprint density at radius 2 is 2.17 bits per heavy atom. The van der Waals surface area contributed by atoms with Crippen LogP contribution in [0, 0.1) is 5.41 Å². The van der Waals surface area contributed by atoms with E-state index >= 15 is 0 Å². The van der Waals surface area contributed by atoms with Crippen LogP contribution in [-0.4, -0.2) is 59.3 Å². The van der Waals surface area contributed by atoms with E-state index < -0.39 is 0 Å². The molecule has 4 N–H and O–H groups in total. The molecule has 1 spiro atoms. The molecule has 7 heteroatoms. The summed E-state index contributed by atoms with van der Waals surface area (Å²) in [5, 5.41) is 10.2. The average Bonchev–Trinajstić information content (AvgIpc) is 2.58. The van der Waals surface area contributed by atoms with E-state index in [1.54, 1.807) is 4.90 Å². The summed E-state index contributed by atoms with van der Waals surface area (Å²) < 4.78 is 5.76. The summed E-state index contributed by atoms with van der Waals surface area (Å²) in [7, 11) is 0. The minimum atomic E-state index is -0.365. The van der Waals surface area contributed by atoms with Crippen LogP contribution < -0.4 is 11.3 Å². The molecule has 2 aliphatic rings. The van der Waals surface area contributed by atoms with Gasteiger partial charge >= 0.3 is 0 Å². The molecule has 1 saturated heterocycles. The highest BCUT2D eigenvalue weighted by Crippen LogP contribution is 2.51. The number of nitrogens with zero attached hydrogens (tertiary/aromatic N) is 1. The largest absolute Gasteiger partial charge is 0.392 e. The lowest BCUT2D eigenvalue weighted by Gasteiger charge is -2.56. The van der Waals surface area contributed by atoms with Gasteiger partial charge in [0.1, 0.15) is 0 Å². The van der Waals surface area contributed by atoms with Gasteiger partial charge in [0.05, 0.1) is 24.4 Å². The second kappa shape index (κ2) is 6.43. The summed E-state index contributed by atoms with van der Waals surface area (Å²) in [6.45, 7) is 2.13. The van der Waals surface area contributed by atoms with Crippen LogP contribution in [0.3, 0.4) is 0 Å². The molecule has 1 aromatic heterocycles. The number of aliphatic hydroxyl groups is 1. The fraction of sp³-hybridized carbons (Fsp3) is 0.625. The van der Waals surface area contributed by atoms with Crippen molar-refractivity contribution in [1.82, 2.24) is 9.88 Å². The van der Waals surface area contributed by atoms with E-state index in [1.165, 1.54) is 18.3 Å². The van der Waals surface area contributed by atoms with Crippen LogP contribution in [0.2, 0.25) is 0 Å². The number of rotatable bonds is 4. The van der Waals surface area contributed by atoms with Crippen molar-refractivity contribution in [2.24, 2.45) is 11.1 Å². The number of carbonyl (C=O) groups excluding carboxylic acids is 1. The molecule has 1 saturated carbocycles. The Bertz CT molecular complexity index is 602. The van der Waals surface area contributed by atoms with Gasteiger partial charge in [-0.3, -0.25) is 9.59 Å². The van der Waals surface area contributed by atoms with E-state index in [0.717, 1.165) is 12.8 Å². The summed E-state index contributed by atoms with van der Waals surface area (Å²) >= 11 is 0. The number of likely N-dealkylation sites (tertiary alicyclic amines) is 1. The summed E-state index contributed by atoms with van der Waals surface area (Å²) in [4.78, 5) is 27.8. The number of ether oxygens (including phenoxy) is 1. The SMILES string of the molecule is NCCO[C@@H]1C[C@H](O)C12CCN(C(=O)c1ccc(=O)[nH]c1)CC2. The Hall–Kier alpha value is -1.70. The zero-order valence-electron chi connectivity index (χ0n) is 13.0. The summed E-state index contributed by atoms with van der Waals surface area (Å²) in [6.07, 6.45) is 3.20. The number of amides is 1. The number of H-pyrrole nitrogens is 1. The van der Waals surface area contributed by atoms with Crippen LogP contribution >= 0.6 is 0 Å². The second-order valence-corrected chi connectivity index (χ2v) is 6.37. The molecule has 1 aliphatic heterocycles. The first-order valence-corrected chi connectivity index (χ1v) is 8.04. The number of hydrogen-bond donors (Lipinski definition) is 3. The molecular weight excluding hydrogens is 298 g/mol. The Labute approximate surface area is 134 Å². The molecule has 3 rings (SSSR count). The number of nitrogens with two attached hydrogens (primary N) is 1. The zero-order chi connectivity index (χ0) is 16.4. The van der Waals surface area contributed by atoms with Gasteiger partial charge in [0.2, 0.25) is 5.56 Å². The third-order valence-corrected chi connectivity index (χ3v) is 5.19. The van der Waals surface area contributed by atoms with Gasteiger partial charge < -0.3 is 25.5 Å². The minimum Gasteiger partial charge on any atom is -0.392 e. The Morgan fingerprint density at radius 1 is 1.43 bits per heavy atom. The maximum Gasteiger partial charge on any atom is 0.255 e. The van der Waals surface area contributed by atoms with Crippen molar-refractivity contribution < 1.29 is 14.6 Å². The Kier molecular flexibility index (Phi) is 4.52. The maximum atomic E-state index is 12.5. The predicted octanol–water partition coefficient (Wildman–Crippen LogP) is -0.294. The second-order valence-electron chi connectivity index (χ2n) is 6.37. The zero-order valence-corrected chi connectivity index (χ0v) is 13.0. The molecule has 2 atom stereocenters. The van der Waals surface area contributed by atoms with Crippen LogP contribution in [0.25, 0.3) is 0 Å². The first-order chi connectivity index (χ1) is 11.1. The molecule has 0 unspecified atom stereocenters. The molecule has 1 aromatic rings. The number of hydrogen-bond acceptors (Lipinski definition) is 5. The normalized spacial score (nSPS) is 26.1. The van der Waals surface area contributed by atoms with Crippen molar-refractivity contribution in [3.8, 4) is 0 Å². The van der Waals surface area contributed by atoms with Gasteiger partial charge in [0, 0.05) is 43.7 Å². The number of carbonyl (C=O) groups is 1. The van der Waals surface area contributed by atoms with Crippen molar-refractivity contribution in [2.75, 3.05) is 26.2 Å². The van der Waals surface area contributed by atoms with E-state index in [-0.39, 0.29) is 29.1 Å². The predicted molar refractivity (Wildman–Crippen MR) is 84.1 cm³/mol. The lowest BCUT2D eigenvalue weighted by Crippen LogP contribution is -2.62. The molecule has 1 amide bonds. The van der Waals surface area contributed by atoms with Crippen molar-refractivity contribution in [3.05, 3.63) is 34.2 Å². The number of aromatic amines is 1. The van der Waals surface area contributed by atoms with Crippen molar-refractivity contribution in [3.63, 3.8) is 0 Å². The van der Waals surface area contributed by atoms with Gasteiger partial charge in [-0.25, -0.2) is 0 Å². The monoisotopic (exact) mass is 321 g/mol. The third kappa shape index (κ3) is 2.91. The lowest BCUT2D eigenvalue weighted by molar-refractivity contribution is -0.207. The van der Waals surface area contributed by atoms with Crippen molar-refractivity contribution >= 4 is 5.91 Å². The number of aliphatic hydroxyl groups excluding tert-OH is 1. The third-order valence-electron chi connectivity index (χ3n) is 5.19. The van der Waals surface area contributed by atoms with Gasteiger partial charge in [-0.05, 0) is 18.9 Å². The summed E-state index contributed by atoms with van der Waals surface area (Å²) in [5.41, 5.74) is 5.49. The summed E-state index contributed by atoms with van der Waals surface area (Å²) in [6, 6.07) is 2.89.